The fourth-order valence-corrected chi connectivity index (χ4v) is 5.04. The van der Waals surface area contributed by atoms with E-state index in [9.17, 15) is 9.59 Å². The minimum Gasteiger partial charge on any atom is -0.383 e. The number of methoxy groups -OCH3 is 1. The Morgan fingerprint density at radius 1 is 1.27 bits per heavy atom. The first kappa shape index (κ1) is 20.4. The van der Waals surface area contributed by atoms with Crippen molar-refractivity contribution in [3.63, 3.8) is 0 Å². The molecular weight excluding hydrogens is 400 g/mol. The molecule has 3 heterocycles. The predicted molar refractivity (Wildman–Crippen MR) is 116 cm³/mol. The van der Waals surface area contributed by atoms with Crippen LogP contribution in [0, 0.1) is 6.92 Å². The highest BCUT2D eigenvalue weighted by atomic mass is 32.1. The Labute approximate surface area is 179 Å². The van der Waals surface area contributed by atoms with E-state index in [4.69, 9.17) is 4.74 Å². The van der Waals surface area contributed by atoms with Crippen LogP contribution in [0.25, 0.3) is 10.1 Å². The minimum absolute atomic E-state index is 0.0857. The number of thiophene rings is 1. The highest BCUT2D eigenvalue weighted by Gasteiger charge is 2.33. The van der Waals surface area contributed by atoms with Crippen molar-refractivity contribution >= 4 is 33.2 Å². The van der Waals surface area contributed by atoms with Gasteiger partial charge in [-0.3, -0.25) is 14.6 Å². The molecule has 4 rings (SSSR count). The predicted octanol–water partition coefficient (Wildman–Crippen LogP) is 3.01. The van der Waals surface area contributed by atoms with Gasteiger partial charge in [0.25, 0.3) is 11.8 Å². The number of carbonyl (C=O) groups excluding carboxylic acids is 2. The summed E-state index contributed by atoms with van der Waals surface area (Å²) in [6.45, 7) is 3.97. The third-order valence-electron chi connectivity index (χ3n) is 5.32. The van der Waals surface area contributed by atoms with Gasteiger partial charge in [0.1, 0.15) is 5.69 Å². The largest absolute Gasteiger partial charge is 0.383 e. The molecule has 1 aliphatic heterocycles. The molecule has 1 aliphatic rings. The van der Waals surface area contributed by atoms with Gasteiger partial charge < -0.3 is 15.0 Å². The average Bonchev–Trinajstić information content (AvgIpc) is 3.38. The van der Waals surface area contributed by atoms with Crippen LogP contribution < -0.4 is 5.32 Å². The third kappa shape index (κ3) is 4.06. The maximum atomic E-state index is 12.9. The van der Waals surface area contributed by atoms with Crippen LogP contribution in [0.3, 0.4) is 0 Å². The number of hydrogen-bond donors (Lipinski definition) is 1. The molecule has 1 fully saturated rings. The molecule has 7 nitrogen and oxygen atoms in total. The van der Waals surface area contributed by atoms with Crippen LogP contribution >= 0.6 is 11.3 Å². The zero-order valence-electron chi connectivity index (χ0n) is 17.1. The fourth-order valence-electron chi connectivity index (χ4n) is 3.83. The molecule has 3 aromatic rings. The molecule has 0 saturated carbocycles. The number of hydrogen-bond acceptors (Lipinski definition) is 6. The van der Waals surface area contributed by atoms with Gasteiger partial charge in [-0.2, -0.15) is 0 Å². The van der Waals surface area contributed by atoms with Gasteiger partial charge in [0.2, 0.25) is 0 Å². The number of amides is 2. The summed E-state index contributed by atoms with van der Waals surface area (Å²) in [5.41, 5.74) is 2.17. The van der Waals surface area contributed by atoms with E-state index in [1.165, 1.54) is 17.5 Å². The van der Waals surface area contributed by atoms with E-state index in [1.807, 2.05) is 30.0 Å². The number of nitrogens with zero attached hydrogens (tertiary/aromatic N) is 3. The molecule has 1 N–H and O–H groups in total. The molecule has 1 saturated heterocycles. The maximum Gasteiger partial charge on any atom is 0.274 e. The third-order valence-corrected chi connectivity index (χ3v) is 6.50. The van der Waals surface area contributed by atoms with Crippen molar-refractivity contribution in [1.29, 1.82) is 0 Å². The van der Waals surface area contributed by atoms with Gasteiger partial charge in [0, 0.05) is 43.6 Å². The van der Waals surface area contributed by atoms with Crippen molar-refractivity contribution in [3.05, 3.63) is 58.5 Å². The van der Waals surface area contributed by atoms with Gasteiger partial charge in [-0.05, 0) is 30.4 Å². The Kier molecular flexibility index (Phi) is 6.06. The molecular formula is C22H24N4O3S. The van der Waals surface area contributed by atoms with Crippen LogP contribution in [0.4, 0.5) is 0 Å². The van der Waals surface area contributed by atoms with Gasteiger partial charge in [-0.1, -0.05) is 18.2 Å². The number of carbonyl (C=O) groups is 2. The summed E-state index contributed by atoms with van der Waals surface area (Å²) >= 11 is 1.51. The number of aryl methyl sites for hydroxylation is 1. The molecule has 0 bridgehead atoms. The number of aromatic nitrogens is 2. The van der Waals surface area contributed by atoms with Crippen LogP contribution in [0.5, 0.6) is 0 Å². The van der Waals surface area contributed by atoms with E-state index in [0.717, 1.165) is 32.6 Å². The summed E-state index contributed by atoms with van der Waals surface area (Å²) < 4.78 is 6.12. The topological polar surface area (TPSA) is 84.4 Å². The zero-order valence-corrected chi connectivity index (χ0v) is 17.9. The van der Waals surface area contributed by atoms with Crippen LogP contribution in [0.15, 0.2) is 36.7 Å². The van der Waals surface area contributed by atoms with E-state index in [2.05, 4.69) is 21.4 Å². The van der Waals surface area contributed by atoms with Crippen LogP contribution in [-0.2, 0) is 4.74 Å². The molecule has 2 amide bonds. The van der Waals surface area contributed by atoms with Crippen molar-refractivity contribution in [2.75, 3.05) is 33.4 Å². The van der Waals surface area contributed by atoms with E-state index >= 15 is 0 Å². The minimum atomic E-state index is -0.115. The first-order valence-corrected chi connectivity index (χ1v) is 10.8. The molecule has 8 heteroatoms. The Morgan fingerprint density at radius 3 is 2.87 bits per heavy atom. The standard InChI is InChI=1S/C22H24N4O3S/c1-14-11-25-17(12-24-14)22(28)26-9-7-15(13-26)19-16-5-3-4-6-18(16)30-20(19)21(27)23-8-10-29-2/h3-6,11-12,15H,7-10,13H2,1-2H3,(H,23,27)/t15-/m0/s1. The number of fused-ring (bicyclic) bond motifs is 1. The van der Waals surface area contributed by atoms with E-state index < -0.39 is 0 Å². The van der Waals surface area contributed by atoms with Crippen molar-refractivity contribution in [2.24, 2.45) is 0 Å². The van der Waals surface area contributed by atoms with Crippen molar-refractivity contribution in [3.8, 4) is 0 Å². The number of rotatable bonds is 6. The number of nitrogens with one attached hydrogen (secondary N) is 1. The second-order valence-electron chi connectivity index (χ2n) is 7.37. The van der Waals surface area contributed by atoms with Gasteiger partial charge in [0.15, 0.2) is 0 Å². The van der Waals surface area contributed by atoms with Crippen molar-refractivity contribution in [2.45, 2.75) is 19.3 Å². The smallest absolute Gasteiger partial charge is 0.274 e. The quantitative estimate of drug-likeness (QED) is 0.615. The van der Waals surface area contributed by atoms with E-state index in [1.54, 1.807) is 13.3 Å². The normalized spacial score (nSPS) is 16.2. The van der Waals surface area contributed by atoms with Crippen LogP contribution in [-0.4, -0.2) is 60.0 Å². The number of benzene rings is 1. The first-order valence-electron chi connectivity index (χ1n) is 9.95. The first-order chi connectivity index (χ1) is 14.6. The molecule has 0 unspecified atom stereocenters. The second-order valence-corrected chi connectivity index (χ2v) is 8.42. The van der Waals surface area contributed by atoms with Gasteiger partial charge in [-0.15, -0.1) is 11.3 Å². The van der Waals surface area contributed by atoms with E-state index in [0.29, 0.717) is 31.9 Å². The Morgan fingerprint density at radius 2 is 2.10 bits per heavy atom. The summed E-state index contributed by atoms with van der Waals surface area (Å²) in [6, 6.07) is 8.07. The lowest BCUT2D eigenvalue weighted by atomic mass is 9.95. The molecule has 30 heavy (non-hydrogen) atoms. The van der Waals surface area contributed by atoms with Gasteiger partial charge in [-0.25, -0.2) is 4.98 Å². The van der Waals surface area contributed by atoms with Crippen molar-refractivity contribution < 1.29 is 14.3 Å². The molecule has 0 aliphatic carbocycles. The number of ether oxygens (including phenoxy) is 1. The highest BCUT2D eigenvalue weighted by molar-refractivity contribution is 7.21. The molecule has 156 valence electrons. The van der Waals surface area contributed by atoms with Gasteiger partial charge in [0.05, 0.1) is 23.4 Å². The highest BCUT2D eigenvalue weighted by Crippen LogP contribution is 2.40. The summed E-state index contributed by atoms with van der Waals surface area (Å²) in [5, 5.41) is 4.03. The van der Waals surface area contributed by atoms with Crippen LogP contribution in [0.2, 0.25) is 0 Å². The average molecular weight is 425 g/mol. The van der Waals surface area contributed by atoms with E-state index in [-0.39, 0.29) is 17.7 Å². The van der Waals surface area contributed by atoms with Gasteiger partial charge >= 0.3 is 0 Å². The zero-order chi connectivity index (χ0) is 21.1. The summed E-state index contributed by atoms with van der Waals surface area (Å²) in [7, 11) is 1.61. The molecule has 2 aromatic heterocycles. The number of likely N-dealkylation sites (tertiary alicyclic amines) is 1. The Hall–Kier alpha value is -2.84. The summed E-state index contributed by atoms with van der Waals surface area (Å²) in [5.74, 6) is -0.0975. The molecule has 0 radical (unpaired) electrons. The van der Waals surface area contributed by atoms with Crippen molar-refractivity contribution in [1.82, 2.24) is 20.2 Å². The molecule has 1 aromatic carbocycles. The summed E-state index contributed by atoms with van der Waals surface area (Å²) in [6.07, 6.45) is 3.94. The van der Waals surface area contributed by atoms with Crippen LogP contribution in [0.1, 0.15) is 43.8 Å². The molecule has 0 spiro atoms. The lowest BCUT2D eigenvalue weighted by Crippen LogP contribution is -2.30. The SMILES string of the molecule is COCCNC(=O)c1sc2ccccc2c1[C@H]1CCN(C(=O)c2cnc(C)cn2)C1. The Bertz CT molecular complexity index is 1060. The lowest BCUT2D eigenvalue weighted by Gasteiger charge is -2.17. The Balaban J connectivity index is 1.59. The molecule has 1 atom stereocenters. The fraction of sp³-hybridized carbons (Fsp3) is 0.364. The monoisotopic (exact) mass is 424 g/mol. The second kappa shape index (κ2) is 8.89. The summed E-state index contributed by atoms with van der Waals surface area (Å²) in [4.78, 5) is 36.7. The maximum absolute atomic E-state index is 12.9. The lowest BCUT2D eigenvalue weighted by molar-refractivity contribution is 0.0784.